The fraction of sp³-hybridized carbons (Fsp3) is 0.571. The normalized spacial score (nSPS) is 11.4. The molecule has 0 saturated carbocycles. The Morgan fingerprint density at radius 2 is 1.77 bits per heavy atom. The van der Waals surface area contributed by atoms with E-state index >= 15 is 0 Å². The van der Waals surface area contributed by atoms with Gasteiger partial charge in [0.05, 0.1) is 5.56 Å². The van der Waals surface area contributed by atoms with Crippen LogP contribution in [0.2, 0.25) is 0 Å². The molecule has 0 aliphatic heterocycles. The van der Waals surface area contributed by atoms with Gasteiger partial charge in [-0.3, -0.25) is 24.6 Å². The van der Waals surface area contributed by atoms with E-state index in [9.17, 15) is 9.59 Å². The van der Waals surface area contributed by atoms with Crippen LogP contribution < -0.4 is 10.4 Å². The highest BCUT2D eigenvalue weighted by atomic mass is 16.5. The minimum absolute atomic E-state index is 0.00755. The van der Waals surface area contributed by atoms with Crippen molar-refractivity contribution in [3.63, 3.8) is 0 Å². The lowest BCUT2D eigenvalue weighted by molar-refractivity contribution is -0.116. The maximum Gasteiger partial charge on any atom is 0.277 e. The average Bonchev–Trinajstić information content (AvgIpc) is 2.45. The maximum atomic E-state index is 11.8. The molecule has 1 rings (SSSR count). The molecule has 0 atom stereocenters. The number of amides is 2. The van der Waals surface area contributed by atoms with Gasteiger partial charge < -0.3 is 0 Å². The lowest BCUT2D eigenvalue weighted by atomic mass is 10.1. The molecule has 0 aliphatic carbocycles. The lowest BCUT2D eigenvalue weighted by Gasteiger charge is -2.33. The van der Waals surface area contributed by atoms with Crippen LogP contribution in [-0.4, -0.2) is 57.6 Å². The van der Waals surface area contributed by atoms with Gasteiger partial charge in [-0.15, -0.1) is 0 Å². The number of rotatable bonds is 5. The Kier molecular flexibility index (Phi) is 5.95. The Balaban J connectivity index is 2.83. The quantitative estimate of drug-likeness (QED) is 0.613. The molecule has 0 fully saturated rings. The number of aromatic nitrogens is 2. The molecule has 2 N–H and O–H groups in total. The van der Waals surface area contributed by atoms with Crippen molar-refractivity contribution in [1.82, 2.24) is 20.3 Å². The van der Waals surface area contributed by atoms with Crippen molar-refractivity contribution in [2.75, 3.05) is 25.0 Å². The molecule has 0 radical (unpaired) electrons. The summed E-state index contributed by atoms with van der Waals surface area (Å²) in [6.45, 7) is 8.80. The number of likely N-dealkylation sites (N-methyl/N-ethyl adjacent to an activating group) is 1. The van der Waals surface area contributed by atoms with Crippen molar-refractivity contribution in [2.24, 2.45) is 0 Å². The fourth-order valence-corrected chi connectivity index (χ4v) is 1.63. The molecule has 0 saturated heterocycles. The second kappa shape index (κ2) is 7.28. The Labute approximate surface area is 130 Å². The number of nitrogens with one attached hydrogen (secondary N) is 1. The van der Waals surface area contributed by atoms with Crippen molar-refractivity contribution in [1.29, 1.82) is 0 Å². The molecule has 0 spiro atoms. The van der Waals surface area contributed by atoms with Gasteiger partial charge in [0.25, 0.3) is 5.91 Å². The van der Waals surface area contributed by atoms with Crippen LogP contribution in [0.4, 0.5) is 5.95 Å². The van der Waals surface area contributed by atoms with Gasteiger partial charge >= 0.3 is 0 Å². The summed E-state index contributed by atoms with van der Waals surface area (Å²) in [4.78, 5) is 34.6. The molecule has 8 nitrogen and oxygen atoms in total. The van der Waals surface area contributed by atoms with E-state index in [4.69, 9.17) is 5.21 Å². The number of hydrogen-bond donors (Lipinski definition) is 2. The summed E-state index contributed by atoms with van der Waals surface area (Å²) >= 11 is 0. The van der Waals surface area contributed by atoms with E-state index in [1.165, 1.54) is 29.7 Å². The Morgan fingerprint density at radius 1 is 1.23 bits per heavy atom. The van der Waals surface area contributed by atoms with Crippen molar-refractivity contribution >= 4 is 17.8 Å². The van der Waals surface area contributed by atoms with Crippen molar-refractivity contribution in [3.8, 4) is 0 Å². The summed E-state index contributed by atoms with van der Waals surface area (Å²) < 4.78 is 0. The summed E-state index contributed by atoms with van der Waals surface area (Å²) in [5, 5.41) is 8.55. The van der Waals surface area contributed by atoms with E-state index in [-0.39, 0.29) is 23.0 Å². The Hall–Kier alpha value is -2.06. The summed E-state index contributed by atoms with van der Waals surface area (Å²) in [5.41, 5.74) is 1.61. The zero-order valence-electron chi connectivity index (χ0n) is 13.6. The van der Waals surface area contributed by atoms with E-state index in [1.54, 1.807) is 0 Å². The molecule has 22 heavy (non-hydrogen) atoms. The Bertz CT molecular complexity index is 524. The van der Waals surface area contributed by atoms with Crippen LogP contribution in [-0.2, 0) is 4.79 Å². The van der Waals surface area contributed by atoms with Crippen LogP contribution in [0.3, 0.4) is 0 Å². The van der Waals surface area contributed by atoms with Gasteiger partial charge in [-0.1, -0.05) is 0 Å². The summed E-state index contributed by atoms with van der Waals surface area (Å²) in [6, 6.07) is 0. The van der Waals surface area contributed by atoms with E-state index in [1.807, 2.05) is 7.05 Å². The topological polar surface area (TPSA) is 98.7 Å². The molecule has 2 amide bonds. The van der Waals surface area contributed by atoms with Crippen LogP contribution in [0, 0.1) is 0 Å². The highest BCUT2D eigenvalue weighted by Gasteiger charge is 2.20. The highest BCUT2D eigenvalue weighted by Crippen LogP contribution is 2.12. The minimum atomic E-state index is -0.701. The predicted octanol–water partition coefficient (Wildman–Crippen LogP) is 0.679. The summed E-state index contributed by atoms with van der Waals surface area (Å²) in [7, 11) is 1.98. The van der Waals surface area contributed by atoms with Gasteiger partial charge in [-0.25, -0.2) is 15.4 Å². The summed E-state index contributed by atoms with van der Waals surface area (Å²) in [5.74, 6) is -0.653. The minimum Gasteiger partial charge on any atom is -0.300 e. The third-order valence-corrected chi connectivity index (χ3v) is 3.43. The first kappa shape index (κ1) is 18.0. The average molecular weight is 309 g/mol. The number of hydrogen-bond acceptors (Lipinski definition) is 6. The maximum absolute atomic E-state index is 11.8. The molecule has 8 heteroatoms. The van der Waals surface area contributed by atoms with Crippen LogP contribution in [0.25, 0.3) is 0 Å². The first-order chi connectivity index (χ1) is 10.2. The third-order valence-electron chi connectivity index (χ3n) is 3.43. The second-order valence-electron chi connectivity index (χ2n) is 5.98. The second-order valence-corrected chi connectivity index (χ2v) is 5.98. The number of carbonyl (C=O) groups is 2. The molecular weight excluding hydrogens is 286 g/mol. The molecule has 0 bridgehead atoms. The van der Waals surface area contributed by atoms with Gasteiger partial charge in [0.1, 0.15) is 0 Å². The molecule has 0 aliphatic rings. The van der Waals surface area contributed by atoms with Crippen LogP contribution in [0.1, 0.15) is 38.1 Å². The van der Waals surface area contributed by atoms with Crippen LogP contribution in [0.15, 0.2) is 12.4 Å². The number of anilines is 1. The van der Waals surface area contributed by atoms with Crippen LogP contribution in [0.5, 0.6) is 0 Å². The number of hydroxylamine groups is 1. The van der Waals surface area contributed by atoms with Crippen molar-refractivity contribution in [2.45, 2.75) is 33.2 Å². The summed E-state index contributed by atoms with van der Waals surface area (Å²) in [6.07, 6.45) is 2.52. The number of carbonyl (C=O) groups excluding carboxylic acids is 2. The van der Waals surface area contributed by atoms with E-state index in [0.717, 1.165) is 0 Å². The highest BCUT2D eigenvalue weighted by molar-refractivity contribution is 5.93. The predicted molar refractivity (Wildman–Crippen MR) is 81.7 cm³/mol. The van der Waals surface area contributed by atoms with Crippen LogP contribution >= 0.6 is 0 Å². The monoisotopic (exact) mass is 309 g/mol. The molecule has 1 heterocycles. The van der Waals surface area contributed by atoms with Gasteiger partial charge in [-0.05, 0) is 27.8 Å². The number of nitrogens with zero attached hydrogens (tertiary/aromatic N) is 4. The largest absolute Gasteiger partial charge is 0.300 e. The van der Waals surface area contributed by atoms with Gasteiger partial charge in [0, 0.05) is 37.9 Å². The van der Waals surface area contributed by atoms with Gasteiger partial charge in [-0.2, -0.15) is 0 Å². The molecule has 1 aromatic rings. The van der Waals surface area contributed by atoms with Gasteiger partial charge in [0.15, 0.2) is 0 Å². The zero-order valence-corrected chi connectivity index (χ0v) is 13.6. The van der Waals surface area contributed by atoms with E-state index in [2.05, 4.69) is 35.6 Å². The Morgan fingerprint density at radius 3 is 2.18 bits per heavy atom. The van der Waals surface area contributed by atoms with Gasteiger partial charge in [0.2, 0.25) is 11.9 Å². The molecule has 122 valence electrons. The zero-order chi connectivity index (χ0) is 16.9. The van der Waals surface area contributed by atoms with Crippen molar-refractivity contribution in [3.05, 3.63) is 18.0 Å². The molecule has 0 aromatic carbocycles. The first-order valence-electron chi connectivity index (χ1n) is 6.92. The molecular formula is C14H23N5O3. The molecule has 1 aromatic heterocycles. The lowest BCUT2D eigenvalue weighted by Crippen LogP contribution is -2.44. The van der Waals surface area contributed by atoms with E-state index in [0.29, 0.717) is 13.1 Å². The molecule has 0 unspecified atom stereocenters. The SMILES string of the molecule is CC(=O)N(CCN(C)C(C)(C)C)c1ncc(C(=O)NO)cn1. The van der Waals surface area contributed by atoms with E-state index < -0.39 is 5.91 Å². The fourth-order valence-electron chi connectivity index (χ4n) is 1.63. The smallest absolute Gasteiger partial charge is 0.277 e. The first-order valence-corrected chi connectivity index (χ1v) is 6.92. The third kappa shape index (κ3) is 4.74. The standard InChI is InChI=1S/C14H23N5O3/c1-10(20)19(7-6-18(5)14(2,3)4)13-15-8-11(9-16-13)12(21)17-22/h8-9,22H,6-7H2,1-5H3,(H,17,21). The van der Waals surface area contributed by atoms with Crippen molar-refractivity contribution < 1.29 is 14.8 Å².